The molecule has 0 atom stereocenters. The Morgan fingerprint density at radius 1 is 1.09 bits per heavy atom. The maximum atomic E-state index is 5.42. The summed E-state index contributed by atoms with van der Waals surface area (Å²) in [6.07, 6.45) is 1.05. The van der Waals surface area contributed by atoms with E-state index in [9.17, 15) is 0 Å². The van der Waals surface area contributed by atoms with E-state index in [4.69, 9.17) is 9.47 Å². The Labute approximate surface area is 138 Å². The first-order chi connectivity index (χ1) is 11.3. The van der Waals surface area contributed by atoms with E-state index in [0.29, 0.717) is 0 Å². The average Bonchev–Trinajstić information content (AvgIpc) is 3.23. The highest BCUT2D eigenvalue weighted by Crippen LogP contribution is 2.36. The molecule has 0 bridgehead atoms. The number of fused-ring (bicyclic) bond motifs is 1. The van der Waals surface area contributed by atoms with Crippen molar-refractivity contribution < 1.29 is 9.47 Å². The quantitative estimate of drug-likeness (QED) is 0.745. The first-order valence-corrected chi connectivity index (χ1v) is 8.41. The molecule has 4 nitrogen and oxygen atoms in total. The molecule has 0 amide bonds. The molecule has 1 N–H and O–H groups in total. The maximum Gasteiger partial charge on any atom is 0.231 e. The standard InChI is InChI=1S/C18H16N2O2S/c1-2-12-3-6-14(7-4-12)19-18-20-15(10-23-18)13-5-8-16-17(9-13)22-11-21-16/h3-10H,2,11H2,1H3,(H,19,20). The Hall–Kier alpha value is -2.53. The lowest BCUT2D eigenvalue weighted by Gasteiger charge is -2.03. The molecule has 2 aromatic carbocycles. The molecule has 2 heterocycles. The van der Waals surface area contributed by atoms with Gasteiger partial charge < -0.3 is 14.8 Å². The van der Waals surface area contributed by atoms with E-state index in [1.807, 2.05) is 23.6 Å². The zero-order valence-corrected chi connectivity index (χ0v) is 13.5. The molecule has 0 aliphatic carbocycles. The topological polar surface area (TPSA) is 43.4 Å². The zero-order valence-electron chi connectivity index (χ0n) is 12.7. The summed E-state index contributed by atoms with van der Waals surface area (Å²) in [6, 6.07) is 14.3. The number of thiazole rings is 1. The minimum absolute atomic E-state index is 0.288. The van der Waals surface area contributed by atoms with Gasteiger partial charge in [0.2, 0.25) is 6.79 Å². The molecule has 116 valence electrons. The SMILES string of the molecule is CCc1ccc(Nc2nc(-c3ccc4c(c3)OCO4)cs2)cc1. The van der Waals surface area contributed by atoms with Crippen LogP contribution in [0.2, 0.25) is 0 Å². The number of benzene rings is 2. The molecule has 1 aromatic heterocycles. The van der Waals surface area contributed by atoms with Gasteiger partial charge >= 0.3 is 0 Å². The number of hydrogen-bond acceptors (Lipinski definition) is 5. The van der Waals surface area contributed by atoms with E-state index in [2.05, 4.69) is 41.5 Å². The molecule has 1 aliphatic heterocycles. The van der Waals surface area contributed by atoms with Crippen LogP contribution in [0.3, 0.4) is 0 Å². The summed E-state index contributed by atoms with van der Waals surface area (Å²) in [6.45, 7) is 2.44. The highest BCUT2D eigenvalue weighted by Gasteiger charge is 2.15. The molecule has 0 spiro atoms. The Bertz CT molecular complexity index is 827. The monoisotopic (exact) mass is 324 g/mol. The first kappa shape index (κ1) is 14.1. The van der Waals surface area contributed by atoms with Crippen molar-refractivity contribution in [1.29, 1.82) is 0 Å². The minimum Gasteiger partial charge on any atom is -0.454 e. The summed E-state index contributed by atoms with van der Waals surface area (Å²) in [7, 11) is 0. The third-order valence-corrected chi connectivity index (χ3v) is 4.54. The van der Waals surface area contributed by atoms with Crippen LogP contribution in [0.15, 0.2) is 47.8 Å². The number of nitrogens with one attached hydrogen (secondary N) is 1. The molecule has 5 heteroatoms. The van der Waals surface area contributed by atoms with Crippen molar-refractivity contribution >= 4 is 22.2 Å². The number of hydrogen-bond donors (Lipinski definition) is 1. The van der Waals surface area contributed by atoms with Crippen molar-refractivity contribution in [1.82, 2.24) is 4.98 Å². The van der Waals surface area contributed by atoms with Crippen LogP contribution in [0.4, 0.5) is 10.8 Å². The van der Waals surface area contributed by atoms with Gasteiger partial charge in [-0.25, -0.2) is 4.98 Å². The van der Waals surface area contributed by atoms with E-state index >= 15 is 0 Å². The smallest absolute Gasteiger partial charge is 0.231 e. The predicted molar refractivity (Wildman–Crippen MR) is 92.8 cm³/mol. The van der Waals surface area contributed by atoms with Gasteiger partial charge in [0.05, 0.1) is 5.69 Å². The molecule has 0 fully saturated rings. The second-order valence-corrected chi connectivity index (χ2v) is 6.14. The highest BCUT2D eigenvalue weighted by molar-refractivity contribution is 7.14. The van der Waals surface area contributed by atoms with Crippen LogP contribution in [-0.4, -0.2) is 11.8 Å². The van der Waals surface area contributed by atoms with Crippen LogP contribution >= 0.6 is 11.3 Å². The number of ether oxygens (including phenoxy) is 2. The number of aromatic nitrogens is 1. The van der Waals surface area contributed by atoms with Crippen LogP contribution < -0.4 is 14.8 Å². The van der Waals surface area contributed by atoms with Crippen molar-refractivity contribution in [2.24, 2.45) is 0 Å². The summed E-state index contributed by atoms with van der Waals surface area (Å²) in [5.74, 6) is 1.57. The number of rotatable bonds is 4. The largest absolute Gasteiger partial charge is 0.454 e. The Morgan fingerprint density at radius 2 is 1.91 bits per heavy atom. The molecular weight excluding hydrogens is 308 g/mol. The van der Waals surface area contributed by atoms with Gasteiger partial charge in [-0.15, -0.1) is 11.3 Å². The van der Waals surface area contributed by atoms with Gasteiger partial charge in [-0.2, -0.15) is 0 Å². The van der Waals surface area contributed by atoms with Gasteiger partial charge in [0, 0.05) is 16.6 Å². The zero-order chi connectivity index (χ0) is 15.6. The number of aryl methyl sites for hydroxylation is 1. The normalized spacial score (nSPS) is 12.4. The Kier molecular flexibility index (Phi) is 3.63. The van der Waals surface area contributed by atoms with Crippen molar-refractivity contribution in [2.45, 2.75) is 13.3 Å². The minimum atomic E-state index is 0.288. The molecule has 0 radical (unpaired) electrons. The predicted octanol–water partition coefficient (Wildman–Crippen LogP) is 4.84. The average molecular weight is 324 g/mol. The van der Waals surface area contributed by atoms with Crippen LogP contribution in [-0.2, 0) is 6.42 Å². The lowest BCUT2D eigenvalue weighted by atomic mass is 10.1. The van der Waals surface area contributed by atoms with Crippen molar-refractivity contribution in [3.8, 4) is 22.8 Å². The number of anilines is 2. The van der Waals surface area contributed by atoms with Crippen LogP contribution in [0.5, 0.6) is 11.5 Å². The van der Waals surface area contributed by atoms with Crippen LogP contribution in [0.1, 0.15) is 12.5 Å². The molecule has 3 aromatic rings. The summed E-state index contributed by atoms with van der Waals surface area (Å²) in [5.41, 5.74) is 4.34. The Balaban J connectivity index is 1.54. The van der Waals surface area contributed by atoms with E-state index in [1.165, 1.54) is 5.56 Å². The second-order valence-electron chi connectivity index (χ2n) is 5.28. The lowest BCUT2D eigenvalue weighted by Crippen LogP contribution is -1.92. The van der Waals surface area contributed by atoms with E-state index in [-0.39, 0.29) is 6.79 Å². The van der Waals surface area contributed by atoms with Crippen molar-refractivity contribution in [3.05, 3.63) is 53.4 Å². The van der Waals surface area contributed by atoms with Crippen molar-refractivity contribution in [3.63, 3.8) is 0 Å². The van der Waals surface area contributed by atoms with Gasteiger partial charge in [0.1, 0.15) is 0 Å². The number of nitrogens with zero attached hydrogens (tertiary/aromatic N) is 1. The fourth-order valence-electron chi connectivity index (χ4n) is 2.47. The Morgan fingerprint density at radius 3 is 2.74 bits per heavy atom. The van der Waals surface area contributed by atoms with Gasteiger partial charge in [-0.3, -0.25) is 0 Å². The van der Waals surface area contributed by atoms with Gasteiger partial charge in [0.25, 0.3) is 0 Å². The fraction of sp³-hybridized carbons (Fsp3) is 0.167. The molecule has 0 saturated heterocycles. The van der Waals surface area contributed by atoms with Crippen LogP contribution in [0.25, 0.3) is 11.3 Å². The van der Waals surface area contributed by atoms with E-state index in [1.54, 1.807) is 11.3 Å². The molecule has 4 rings (SSSR count). The third-order valence-electron chi connectivity index (χ3n) is 3.79. The maximum absolute atomic E-state index is 5.42. The summed E-state index contributed by atoms with van der Waals surface area (Å²) >= 11 is 1.59. The molecular formula is C18H16N2O2S. The summed E-state index contributed by atoms with van der Waals surface area (Å²) < 4.78 is 10.8. The van der Waals surface area contributed by atoms with Crippen LogP contribution in [0, 0.1) is 0 Å². The third kappa shape index (κ3) is 2.87. The molecule has 0 saturated carbocycles. The fourth-order valence-corrected chi connectivity index (χ4v) is 3.21. The lowest BCUT2D eigenvalue weighted by molar-refractivity contribution is 0.174. The van der Waals surface area contributed by atoms with Gasteiger partial charge in [-0.05, 0) is 42.3 Å². The first-order valence-electron chi connectivity index (χ1n) is 7.53. The molecule has 0 unspecified atom stereocenters. The molecule has 23 heavy (non-hydrogen) atoms. The summed E-state index contributed by atoms with van der Waals surface area (Å²) in [5, 5.41) is 6.27. The van der Waals surface area contributed by atoms with Crippen molar-refractivity contribution in [2.75, 3.05) is 12.1 Å². The second kappa shape index (κ2) is 5.93. The summed E-state index contributed by atoms with van der Waals surface area (Å²) in [4.78, 5) is 4.65. The van der Waals surface area contributed by atoms with E-state index in [0.717, 1.165) is 40.0 Å². The van der Waals surface area contributed by atoms with Gasteiger partial charge in [-0.1, -0.05) is 19.1 Å². The highest BCUT2D eigenvalue weighted by atomic mass is 32.1. The molecule has 1 aliphatic rings. The van der Waals surface area contributed by atoms with E-state index < -0.39 is 0 Å². The van der Waals surface area contributed by atoms with Gasteiger partial charge in [0.15, 0.2) is 16.6 Å².